The van der Waals surface area contributed by atoms with Crippen molar-refractivity contribution >= 4 is 23.3 Å². The third kappa shape index (κ3) is 11.0. The Kier molecular flexibility index (Phi) is 13.6. The normalized spacial score (nSPS) is 16.7. The number of alkyl halides is 1. The zero-order valence-corrected chi connectivity index (χ0v) is 23.9. The summed E-state index contributed by atoms with van der Waals surface area (Å²) in [6.07, 6.45) is 7.42. The Labute approximate surface area is 235 Å². The molecule has 10 nitrogen and oxygen atoms in total. The zero-order valence-electron chi connectivity index (χ0n) is 23.9. The number of pyridine rings is 1. The number of unbranched alkanes of at least 4 members (excludes halogenated alkanes) is 1. The summed E-state index contributed by atoms with van der Waals surface area (Å²) in [6.45, 7) is 2.56. The maximum absolute atomic E-state index is 13.5. The first kappa shape index (κ1) is 32.2. The number of anilines is 1. The van der Waals surface area contributed by atoms with Crippen LogP contribution in [0.3, 0.4) is 0 Å². The molecule has 0 saturated carbocycles. The van der Waals surface area contributed by atoms with Gasteiger partial charge < -0.3 is 30.7 Å². The van der Waals surface area contributed by atoms with Gasteiger partial charge in [-0.2, -0.15) is 4.39 Å². The van der Waals surface area contributed by atoms with Crippen molar-refractivity contribution in [3.05, 3.63) is 48.2 Å². The largest absolute Gasteiger partial charge is 0.354 e. The molecule has 218 valence electrons. The molecule has 2 amide bonds. The smallest absolute Gasteiger partial charge is 0.246 e. The second-order valence-electron chi connectivity index (χ2n) is 9.53. The lowest BCUT2D eigenvalue weighted by atomic mass is 10.2. The molecule has 0 fully saturated rings. The van der Waals surface area contributed by atoms with E-state index in [4.69, 9.17) is 0 Å². The Morgan fingerprint density at radius 3 is 2.80 bits per heavy atom. The number of hydrogen-bond acceptors (Lipinski definition) is 7. The van der Waals surface area contributed by atoms with Gasteiger partial charge in [0.25, 0.3) is 0 Å². The van der Waals surface area contributed by atoms with Crippen LogP contribution in [0, 0.1) is 17.8 Å². The summed E-state index contributed by atoms with van der Waals surface area (Å²) in [7, 11) is 7.25. The van der Waals surface area contributed by atoms with Crippen molar-refractivity contribution in [3.8, 4) is 11.8 Å². The molecule has 2 atom stereocenters. The number of aromatic nitrogens is 1. The van der Waals surface area contributed by atoms with Crippen molar-refractivity contribution in [2.75, 3.05) is 59.8 Å². The number of amides is 2. The molecule has 0 aliphatic carbocycles. The molecular formula is C28H40F2N8O2. The molecule has 1 unspecified atom stereocenters. The fourth-order valence-corrected chi connectivity index (χ4v) is 3.45. The summed E-state index contributed by atoms with van der Waals surface area (Å²) < 4.78 is 26.1. The maximum Gasteiger partial charge on any atom is 0.246 e. The number of nitrogens with zero attached hydrogens (tertiary/aromatic N) is 5. The van der Waals surface area contributed by atoms with Crippen LogP contribution in [0.1, 0.15) is 26.2 Å². The predicted molar refractivity (Wildman–Crippen MR) is 153 cm³/mol. The highest BCUT2D eigenvalue weighted by Crippen LogP contribution is 2.14. The van der Waals surface area contributed by atoms with Crippen LogP contribution in [0.25, 0.3) is 0 Å². The van der Waals surface area contributed by atoms with Gasteiger partial charge in [0.1, 0.15) is 11.9 Å². The number of likely N-dealkylation sites (N-methyl/N-ethyl adjacent to an activating group) is 2. The van der Waals surface area contributed by atoms with E-state index >= 15 is 0 Å². The summed E-state index contributed by atoms with van der Waals surface area (Å²) in [5.41, 5.74) is 1.18. The standard InChI is InChI=1S/C28H40F2N8O2/c1-21(38(5)25(39)12-9-18-36(2)3)27(40)33-15-8-6-7-11-22-20-37(4)28(35-26(22)32-16-10-14-29)34-23-13-17-31-24(30)19-23/h9,12-13,17,19-21,28H,6,8,10,14-16,18H2,1-5H3,(H,31,34)(H,32,35)(H,33,40)/b12-9+/t21-,28?/m0/s1. The fraction of sp³-hybridized carbons (Fsp3) is 0.500. The minimum Gasteiger partial charge on any atom is -0.354 e. The molecule has 3 N–H and O–H groups in total. The first-order chi connectivity index (χ1) is 19.1. The third-order valence-corrected chi connectivity index (χ3v) is 5.90. The third-order valence-electron chi connectivity index (χ3n) is 5.90. The van der Waals surface area contributed by atoms with Crippen LogP contribution < -0.4 is 16.0 Å². The number of carbonyl (C=O) groups excluding carboxylic acids is 2. The molecular weight excluding hydrogens is 518 g/mol. The Hall–Kier alpha value is -3.98. The molecule has 1 aromatic heterocycles. The number of nitrogens with one attached hydrogen (secondary N) is 3. The SMILES string of the molecule is C[C@@H](C(=O)NCCCC#CC1=CN(C)C(Nc2ccnc(F)c2)NC1=NCCCF)N(C)C(=O)/C=C/CN(C)C. The molecule has 0 saturated heterocycles. The van der Waals surface area contributed by atoms with Gasteiger partial charge >= 0.3 is 0 Å². The van der Waals surface area contributed by atoms with E-state index in [1.165, 1.54) is 23.2 Å². The van der Waals surface area contributed by atoms with E-state index in [1.807, 2.05) is 37.1 Å². The average Bonchev–Trinajstić information content (AvgIpc) is 2.91. The first-order valence-corrected chi connectivity index (χ1v) is 13.2. The van der Waals surface area contributed by atoms with Crippen LogP contribution in [0.2, 0.25) is 0 Å². The molecule has 0 spiro atoms. The van der Waals surface area contributed by atoms with Crippen molar-refractivity contribution in [1.82, 2.24) is 30.3 Å². The molecule has 0 radical (unpaired) electrons. The van der Waals surface area contributed by atoms with Gasteiger partial charge in [0.05, 0.1) is 12.2 Å². The van der Waals surface area contributed by atoms with E-state index in [1.54, 1.807) is 26.1 Å². The van der Waals surface area contributed by atoms with E-state index in [-0.39, 0.29) is 11.8 Å². The highest BCUT2D eigenvalue weighted by molar-refractivity contribution is 6.03. The van der Waals surface area contributed by atoms with Gasteiger partial charge in [-0.15, -0.1) is 0 Å². The van der Waals surface area contributed by atoms with E-state index in [0.717, 1.165) is 0 Å². The van der Waals surface area contributed by atoms with Gasteiger partial charge in [0.15, 0.2) is 6.29 Å². The molecule has 2 heterocycles. The summed E-state index contributed by atoms with van der Waals surface area (Å²) in [5, 5.41) is 9.24. The molecule has 40 heavy (non-hydrogen) atoms. The van der Waals surface area contributed by atoms with Crippen LogP contribution in [-0.2, 0) is 9.59 Å². The minimum atomic E-state index is -0.607. The zero-order chi connectivity index (χ0) is 29.5. The van der Waals surface area contributed by atoms with Gasteiger partial charge in [0.2, 0.25) is 17.8 Å². The molecule has 12 heteroatoms. The Balaban J connectivity index is 1.90. The highest BCUT2D eigenvalue weighted by atomic mass is 19.1. The van der Waals surface area contributed by atoms with Gasteiger partial charge in [-0.1, -0.05) is 17.9 Å². The van der Waals surface area contributed by atoms with E-state index < -0.39 is 25.0 Å². The molecule has 2 rings (SSSR count). The van der Waals surface area contributed by atoms with Crippen LogP contribution in [0.4, 0.5) is 14.5 Å². The number of hydrogen-bond donors (Lipinski definition) is 3. The van der Waals surface area contributed by atoms with Gasteiger partial charge in [-0.25, -0.2) is 4.98 Å². The van der Waals surface area contributed by atoms with E-state index in [9.17, 15) is 18.4 Å². The number of amidine groups is 1. The van der Waals surface area contributed by atoms with Gasteiger partial charge in [0, 0.05) is 70.4 Å². The second kappa shape index (κ2) is 16.9. The number of halogens is 2. The van der Waals surface area contributed by atoms with E-state index in [2.05, 4.69) is 37.8 Å². The second-order valence-corrected chi connectivity index (χ2v) is 9.53. The van der Waals surface area contributed by atoms with Crippen LogP contribution >= 0.6 is 0 Å². The molecule has 0 aromatic carbocycles. The Morgan fingerprint density at radius 1 is 1.32 bits per heavy atom. The maximum atomic E-state index is 13.5. The lowest BCUT2D eigenvalue weighted by Gasteiger charge is -2.34. The number of carbonyl (C=O) groups is 2. The highest BCUT2D eigenvalue weighted by Gasteiger charge is 2.22. The fourth-order valence-electron chi connectivity index (χ4n) is 3.45. The topological polar surface area (TPSA) is 105 Å². The number of aliphatic imine (C=N–C) groups is 1. The quantitative estimate of drug-likeness (QED) is 0.147. The Morgan fingerprint density at radius 2 is 2.10 bits per heavy atom. The average molecular weight is 559 g/mol. The molecule has 1 aliphatic heterocycles. The van der Waals surface area contributed by atoms with Crippen molar-refractivity contribution in [3.63, 3.8) is 0 Å². The first-order valence-electron chi connectivity index (χ1n) is 13.2. The minimum absolute atomic E-state index is 0.232. The lowest BCUT2D eigenvalue weighted by Crippen LogP contribution is -2.53. The summed E-state index contributed by atoms with van der Waals surface area (Å²) in [6, 6.07) is 2.33. The van der Waals surface area contributed by atoms with E-state index in [0.29, 0.717) is 56.0 Å². The summed E-state index contributed by atoms with van der Waals surface area (Å²) in [4.78, 5) is 37.9. The van der Waals surface area contributed by atoms with Crippen LogP contribution in [-0.4, -0.2) is 104 Å². The van der Waals surface area contributed by atoms with Crippen LogP contribution in [0.5, 0.6) is 0 Å². The molecule has 0 bridgehead atoms. The molecule has 1 aromatic rings. The number of rotatable bonds is 13. The summed E-state index contributed by atoms with van der Waals surface area (Å²) >= 11 is 0. The molecule has 1 aliphatic rings. The van der Waals surface area contributed by atoms with Crippen molar-refractivity contribution in [2.24, 2.45) is 4.99 Å². The van der Waals surface area contributed by atoms with Crippen molar-refractivity contribution < 1.29 is 18.4 Å². The Bertz CT molecular complexity index is 1140. The monoisotopic (exact) mass is 558 g/mol. The summed E-state index contributed by atoms with van der Waals surface area (Å²) in [5.74, 6) is 5.65. The van der Waals surface area contributed by atoms with Gasteiger partial charge in [-0.3, -0.25) is 19.0 Å². The lowest BCUT2D eigenvalue weighted by molar-refractivity contribution is -0.135. The van der Waals surface area contributed by atoms with Crippen LogP contribution in [0.15, 0.2) is 47.2 Å². The van der Waals surface area contributed by atoms with Gasteiger partial charge in [-0.05, 0) is 39.9 Å². The van der Waals surface area contributed by atoms with Crippen molar-refractivity contribution in [1.29, 1.82) is 0 Å². The van der Waals surface area contributed by atoms with Crippen molar-refractivity contribution in [2.45, 2.75) is 38.5 Å². The predicted octanol–water partition coefficient (Wildman–Crippen LogP) is 1.96.